The van der Waals surface area contributed by atoms with E-state index in [0.717, 1.165) is 16.1 Å². The molecule has 0 spiro atoms. The van der Waals surface area contributed by atoms with Gasteiger partial charge in [-0.05, 0) is 37.6 Å². The first kappa shape index (κ1) is 12.6. The van der Waals surface area contributed by atoms with E-state index in [-0.39, 0.29) is 6.04 Å². The maximum Gasteiger partial charge on any atom is 0.260 e. The quantitative estimate of drug-likeness (QED) is 0.889. The lowest BCUT2D eigenvalue weighted by molar-refractivity contribution is 0.100. The monoisotopic (exact) mass is 261 g/mol. The molecule has 94 valence electrons. The number of nitrogens with two attached hydrogens (primary N) is 1. The highest BCUT2D eigenvalue weighted by Gasteiger charge is 2.15. The van der Waals surface area contributed by atoms with Gasteiger partial charge in [-0.3, -0.25) is 9.78 Å². The summed E-state index contributed by atoms with van der Waals surface area (Å²) in [6.45, 7) is 4.04. The van der Waals surface area contributed by atoms with Gasteiger partial charge >= 0.3 is 0 Å². The van der Waals surface area contributed by atoms with E-state index in [9.17, 15) is 4.79 Å². The molecule has 2 rings (SSSR count). The molecule has 2 aromatic heterocycles. The van der Waals surface area contributed by atoms with Gasteiger partial charge in [0.2, 0.25) is 0 Å². The van der Waals surface area contributed by atoms with Crippen molar-refractivity contribution in [1.29, 1.82) is 0 Å². The number of rotatable bonds is 4. The summed E-state index contributed by atoms with van der Waals surface area (Å²) in [5, 5.41) is 3.24. The Kier molecular flexibility index (Phi) is 3.62. The summed E-state index contributed by atoms with van der Waals surface area (Å²) in [4.78, 5) is 17.0. The second kappa shape index (κ2) is 5.18. The van der Waals surface area contributed by atoms with E-state index in [1.54, 1.807) is 12.4 Å². The molecular formula is C13H15N3OS. The Hall–Kier alpha value is -1.88. The van der Waals surface area contributed by atoms with Crippen LogP contribution in [-0.2, 0) is 0 Å². The Labute approximate surface area is 110 Å². The van der Waals surface area contributed by atoms with Gasteiger partial charge in [0.05, 0.1) is 5.69 Å². The van der Waals surface area contributed by atoms with E-state index in [1.807, 2.05) is 32.0 Å². The first-order valence-corrected chi connectivity index (χ1v) is 6.50. The maximum atomic E-state index is 11.4. The lowest BCUT2D eigenvalue weighted by Gasteiger charge is -2.08. The standard InChI is InChI=1S/C13H15N3OS/c1-8(2)16-10-7-11(18-12(10)13(14)17)9-3-5-15-6-4-9/h3-8,16H,1-2H3,(H2,14,17). The minimum atomic E-state index is -0.400. The van der Waals surface area contributed by atoms with Crippen molar-refractivity contribution in [2.24, 2.45) is 5.73 Å². The summed E-state index contributed by atoms with van der Waals surface area (Å²) in [5.74, 6) is -0.400. The average molecular weight is 261 g/mol. The molecule has 3 N–H and O–H groups in total. The smallest absolute Gasteiger partial charge is 0.260 e. The second-order valence-electron chi connectivity index (χ2n) is 4.25. The highest BCUT2D eigenvalue weighted by Crippen LogP contribution is 2.34. The molecule has 18 heavy (non-hydrogen) atoms. The molecule has 4 nitrogen and oxygen atoms in total. The van der Waals surface area contributed by atoms with E-state index < -0.39 is 5.91 Å². The van der Waals surface area contributed by atoms with Gasteiger partial charge in [0, 0.05) is 23.3 Å². The van der Waals surface area contributed by atoms with Crippen LogP contribution in [0.5, 0.6) is 0 Å². The van der Waals surface area contributed by atoms with E-state index in [1.165, 1.54) is 11.3 Å². The molecule has 0 aliphatic rings. The number of hydrogen-bond donors (Lipinski definition) is 2. The summed E-state index contributed by atoms with van der Waals surface area (Å²) < 4.78 is 0. The first-order valence-electron chi connectivity index (χ1n) is 5.68. The molecule has 0 fully saturated rings. The van der Waals surface area contributed by atoms with Gasteiger partial charge in [0.25, 0.3) is 5.91 Å². The zero-order valence-electron chi connectivity index (χ0n) is 10.3. The van der Waals surface area contributed by atoms with Crippen LogP contribution in [0.25, 0.3) is 10.4 Å². The summed E-state index contributed by atoms with van der Waals surface area (Å²) in [5.41, 5.74) is 7.24. The predicted molar refractivity (Wildman–Crippen MR) is 74.8 cm³/mol. The van der Waals surface area contributed by atoms with Crippen molar-refractivity contribution in [2.75, 3.05) is 5.32 Å². The fourth-order valence-electron chi connectivity index (χ4n) is 1.65. The topological polar surface area (TPSA) is 68.0 Å². The molecule has 0 atom stereocenters. The molecule has 0 saturated heterocycles. The molecule has 1 amide bonds. The molecule has 2 aromatic rings. The molecule has 0 aromatic carbocycles. The summed E-state index contributed by atoms with van der Waals surface area (Å²) in [6.07, 6.45) is 3.46. The van der Waals surface area contributed by atoms with Crippen LogP contribution in [0, 0.1) is 0 Å². The van der Waals surface area contributed by atoms with Crippen molar-refractivity contribution in [2.45, 2.75) is 19.9 Å². The number of anilines is 1. The number of thiophene rings is 1. The Morgan fingerprint density at radius 3 is 2.61 bits per heavy atom. The van der Waals surface area contributed by atoms with Gasteiger partial charge in [0.15, 0.2) is 0 Å². The van der Waals surface area contributed by atoms with Gasteiger partial charge in [-0.15, -0.1) is 11.3 Å². The Bertz CT molecular complexity index is 549. The normalized spacial score (nSPS) is 10.6. The minimum Gasteiger partial charge on any atom is -0.382 e. The molecule has 0 radical (unpaired) electrons. The fourth-order valence-corrected chi connectivity index (χ4v) is 2.63. The van der Waals surface area contributed by atoms with E-state index in [2.05, 4.69) is 10.3 Å². The van der Waals surface area contributed by atoms with Gasteiger partial charge in [-0.25, -0.2) is 0 Å². The molecule has 0 aliphatic heterocycles. The van der Waals surface area contributed by atoms with E-state index in [4.69, 9.17) is 5.73 Å². The number of primary amides is 1. The third-order valence-electron chi connectivity index (χ3n) is 2.36. The zero-order valence-corrected chi connectivity index (χ0v) is 11.1. The Morgan fingerprint density at radius 1 is 1.39 bits per heavy atom. The number of aromatic nitrogens is 1. The number of nitrogens with one attached hydrogen (secondary N) is 1. The number of carbonyl (C=O) groups is 1. The van der Waals surface area contributed by atoms with Gasteiger partial charge < -0.3 is 11.1 Å². The van der Waals surface area contributed by atoms with Crippen molar-refractivity contribution in [3.8, 4) is 10.4 Å². The molecule has 0 aliphatic carbocycles. The van der Waals surface area contributed by atoms with Crippen LogP contribution in [0.3, 0.4) is 0 Å². The highest BCUT2D eigenvalue weighted by molar-refractivity contribution is 7.18. The zero-order chi connectivity index (χ0) is 13.1. The number of pyridine rings is 1. The SMILES string of the molecule is CC(C)Nc1cc(-c2ccncc2)sc1C(N)=O. The second-order valence-corrected chi connectivity index (χ2v) is 5.30. The number of hydrogen-bond acceptors (Lipinski definition) is 4. The van der Waals surface area contributed by atoms with Crippen molar-refractivity contribution >= 4 is 22.9 Å². The van der Waals surface area contributed by atoms with Crippen LogP contribution < -0.4 is 11.1 Å². The van der Waals surface area contributed by atoms with Gasteiger partial charge in [0.1, 0.15) is 4.88 Å². The molecular weight excluding hydrogens is 246 g/mol. The molecule has 0 bridgehead atoms. The average Bonchev–Trinajstić information content (AvgIpc) is 2.73. The fraction of sp³-hybridized carbons (Fsp3) is 0.231. The number of nitrogens with zero attached hydrogens (tertiary/aromatic N) is 1. The van der Waals surface area contributed by atoms with Crippen LogP contribution in [0.4, 0.5) is 5.69 Å². The molecule has 0 unspecified atom stereocenters. The molecule has 2 heterocycles. The van der Waals surface area contributed by atoms with E-state index in [0.29, 0.717) is 4.88 Å². The van der Waals surface area contributed by atoms with Crippen molar-refractivity contribution in [3.63, 3.8) is 0 Å². The summed E-state index contributed by atoms with van der Waals surface area (Å²) in [7, 11) is 0. The van der Waals surface area contributed by atoms with Crippen LogP contribution in [0.1, 0.15) is 23.5 Å². The lowest BCUT2D eigenvalue weighted by Crippen LogP contribution is -2.15. The summed E-state index contributed by atoms with van der Waals surface area (Å²) in [6, 6.07) is 6.04. The first-order chi connectivity index (χ1) is 8.58. The minimum absolute atomic E-state index is 0.253. The Balaban J connectivity index is 2.42. The molecule has 5 heteroatoms. The third kappa shape index (κ3) is 2.68. The highest BCUT2D eigenvalue weighted by atomic mass is 32.1. The van der Waals surface area contributed by atoms with Crippen molar-refractivity contribution in [3.05, 3.63) is 35.5 Å². The summed E-state index contributed by atoms with van der Waals surface area (Å²) >= 11 is 1.40. The number of amides is 1. The van der Waals surface area contributed by atoms with Gasteiger partial charge in [-0.1, -0.05) is 0 Å². The lowest BCUT2D eigenvalue weighted by atomic mass is 10.2. The van der Waals surface area contributed by atoms with Crippen LogP contribution >= 0.6 is 11.3 Å². The Morgan fingerprint density at radius 2 is 2.06 bits per heavy atom. The third-order valence-corrected chi connectivity index (χ3v) is 3.56. The van der Waals surface area contributed by atoms with Gasteiger partial charge in [-0.2, -0.15) is 0 Å². The largest absolute Gasteiger partial charge is 0.382 e. The maximum absolute atomic E-state index is 11.4. The van der Waals surface area contributed by atoms with Crippen LogP contribution in [0.15, 0.2) is 30.6 Å². The van der Waals surface area contributed by atoms with Crippen molar-refractivity contribution < 1.29 is 4.79 Å². The number of carbonyl (C=O) groups excluding carboxylic acids is 1. The van der Waals surface area contributed by atoms with E-state index >= 15 is 0 Å². The van der Waals surface area contributed by atoms with Crippen LogP contribution in [-0.4, -0.2) is 16.9 Å². The van der Waals surface area contributed by atoms with Crippen molar-refractivity contribution in [1.82, 2.24) is 4.98 Å². The van der Waals surface area contributed by atoms with Crippen LogP contribution in [0.2, 0.25) is 0 Å². The predicted octanol–water partition coefficient (Wildman–Crippen LogP) is 2.73. The molecule has 0 saturated carbocycles.